The molecule has 0 aromatic heterocycles. The summed E-state index contributed by atoms with van der Waals surface area (Å²) in [6.07, 6.45) is 0.233. The van der Waals surface area contributed by atoms with Gasteiger partial charge in [-0.2, -0.15) is 11.8 Å². The number of amides is 2. The third kappa shape index (κ3) is 6.36. The third-order valence-electron chi connectivity index (χ3n) is 4.53. The van der Waals surface area contributed by atoms with Crippen molar-refractivity contribution in [1.82, 2.24) is 10.2 Å². The fourth-order valence-corrected chi connectivity index (χ4v) is 4.23. The summed E-state index contributed by atoms with van der Waals surface area (Å²) >= 11 is 5.33. The van der Waals surface area contributed by atoms with Crippen LogP contribution in [0.5, 0.6) is 0 Å². The van der Waals surface area contributed by atoms with Crippen molar-refractivity contribution in [1.29, 1.82) is 0 Å². The highest BCUT2D eigenvalue weighted by molar-refractivity contribution is 9.10. The Bertz CT molecular complexity index is 808. The van der Waals surface area contributed by atoms with Crippen LogP contribution in [-0.4, -0.2) is 47.9 Å². The van der Waals surface area contributed by atoms with Crippen LogP contribution in [0.25, 0.3) is 0 Å². The van der Waals surface area contributed by atoms with Gasteiger partial charge in [0.15, 0.2) is 0 Å². The number of para-hydroxylation sites is 1. The first-order valence-corrected chi connectivity index (χ1v) is 11.3. The summed E-state index contributed by atoms with van der Waals surface area (Å²) in [4.78, 5) is 26.9. The van der Waals surface area contributed by atoms with Crippen LogP contribution in [0.2, 0.25) is 0 Å². The number of carbonyl (C=O) groups excluding carboxylic acids is 2. The number of rotatable bonds is 7. The highest BCUT2D eigenvalue weighted by atomic mass is 79.9. The molecule has 2 aromatic rings. The van der Waals surface area contributed by atoms with E-state index in [1.807, 2.05) is 42.1 Å². The molecule has 0 bridgehead atoms. The van der Waals surface area contributed by atoms with Crippen LogP contribution in [0.4, 0.5) is 5.69 Å². The maximum atomic E-state index is 12.3. The van der Waals surface area contributed by atoms with Gasteiger partial charge in [0.25, 0.3) is 5.91 Å². The second-order valence-corrected chi connectivity index (χ2v) is 8.75. The number of hydrogen-bond acceptors (Lipinski definition) is 4. The van der Waals surface area contributed by atoms with Crippen LogP contribution in [0.15, 0.2) is 53.0 Å². The van der Waals surface area contributed by atoms with Gasteiger partial charge in [0.05, 0.1) is 0 Å². The summed E-state index contributed by atoms with van der Waals surface area (Å²) in [7, 11) is 0. The highest BCUT2D eigenvalue weighted by Gasteiger charge is 2.14. The average molecular weight is 462 g/mol. The van der Waals surface area contributed by atoms with Crippen molar-refractivity contribution in [3.63, 3.8) is 0 Å². The van der Waals surface area contributed by atoms with Crippen LogP contribution in [-0.2, 0) is 11.3 Å². The zero-order valence-corrected chi connectivity index (χ0v) is 18.0. The largest absolute Gasteiger partial charge is 0.352 e. The Morgan fingerprint density at radius 1 is 1.04 bits per heavy atom. The Kier molecular flexibility index (Phi) is 7.94. The van der Waals surface area contributed by atoms with Gasteiger partial charge >= 0.3 is 0 Å². The molecule has 0 unspecified atom stereocenters. The maximum Gasteiger partial charge on any atom is 0.251 e. The first-order chi connectivity index (χ1) is 13.6. The molecule has 0 aliphatic carbocycles. The predicted molar refractivity (Wildman–Crippen MR) is 119 cm³/mol. The molecule has 1 saturated heterocycles. The maximum absolute atomic E-state index is 12.3. The SMILES string of the molecule is O=C(CCNC(=O)c1ccc(Br)cc1)Nc1ccccc1CN1CCSCC1. The summed E-state index contributed by atoms with van der Waals surface area (Å²) in [5.41, 5.74) is 2.56. The molecule has 148 valence electrons. The van der Waals surface area contributed by atoms with E-state index < -0.39 is 0 Å². The minimum absolute atomic E-state index is 0.0993. The van der Waals surface area contributed by atoms with Crippen LogP contribution in [0.1, 0.15) is 22.3 Å². The van der Waals surface area contributed by atoms with Gasteiger partial charge in [-0.05, 0) is 35.9 Å². The summed E-state index contributed by atoms with van der Waals surface area (Å²) in [6, 6.07) is 15.1. The summed E-state index contributed by atoms with van der Waals surface area (Å²) in [5.74, 6) is 2.04. The molecule has 0 atom stereocenters. The molecule has 2 amide bonds. The molecular weight excluding hydrogens is 438 g/mol. The third-order valence-corrected chi connectivity index (χ3v) is 6.00. The number of benzene rings is 2. The molecule has 1 aliphatic rings. The van der Waals surface area contributed by atoms with E-state index in [9.17, 15) is 9.59 Å². The molecule has 28 heavy (non-hydrogen) atoms. The van der Waals surface area contributed by atoms with E-state index in [2.05, 4.69) is 37.5 Å². The van der Waals surface area contributed by atoms with Crippen molar-refractivity contribution in [2.24, 2.45) is 0 Å². The standard InChI is InChI=1S/C21H24BrN3O2S/c22-18-7-5-16(6-8-18)21(27)23-10-9-20(26)24-19-4-2-1-3-17(19)15-25-11-13-28-14-12-25/h1-8H,9-15H2,(H,23,27)(H,24,26). The number of nitrogens with one attached hydrogen (secondary N) is 2. The van der Waals surface area contributed by atoms with Gasteiger partial charge in [-0.3, -0.25) is 14.5 Å². The smallest absolute Gasteiger partial charge is 0.251 e. The van der Waals surface area contributed by atoms with E-state index >= 15 is 0 Å². The average Bonchev–Trinajstić information content (AvgIpc) is 2.71. The fourth-order valence-electron chi connectivity index (χ4n) is 2.99. The molecule has 0 saturated carbocycles. The molecule has 2 N–H and O–H groups in total. The lowest BCUT2D eigenvalue weighted by atomic mass is 10.1. The molecule has 3 rings (SSSR count). The zero-order chi connectivity index (χ0) is 19.8. The predicted octanol–water partition coefficient (Wildman–Crippen LogP) is 3.76. The van der Waals surface area contributed by atoms with Crippen molar-refractivity contribution in [2.75, 3.05) is 36.5 Å². The van der Waals surface area contributed by atoms with Crippen molar-refractivity contribution in [2.45, 2.75) is 13.0 Å². The molecule has 1 fully saturated rings. The molecule has 1 aliphatic heterocycles. The minimum atomic E-state index is -0.177. The molecule has 0 spiro atoms. The number of thioether (sulfide) groups is 1. The second-order valence-electron chi connectivity index (χ2n) is 6.61. The van der Waals surface area contributed by atoms with Gasteiger partial charge < -0.3 is 10.6 Å². The fraction of sp³-hybridized carbons (Fsp3) is 0.333. The van der Waals surface area contributed by atoms with Crippen molar-refractivity contribution >= 4 is 45.2 Å². The Hall–Kier alpha value is -1.83. The van der Waals surface area contributed by atoms with Gasteiger partial charge in [0, 0.05) is 59.8 Å². The van der Waals surface area contributed by atoms with E-state index in [0.717, 1.165) is 46.9 Å². The van der Waals surface area contributed by atoms with Crippen LogP contribution < -0.4 is 10.6 Å². The second kappa shape index (κ2) is 10.6. The lowest BCUT2D eigenvalue weighted by Crippen LogP contribution is -2.32. The normalized spacial score (nSPS) is 14.5. The van der Waals surface area contributed by atoms with E-state index in [0.29, 0.717) is 12.1 Å². The van der Waals surface area contributed by atoms with Crippen LogP contribution >= 0.6 is 27.7 Å². The van der Waals surface area contributed by atoms with Gasteiger partial charge in [-0.25, -0.2) is 0 Å². The summed E-state index contributed by atoms with van der Waals surface area (Å²) < 4.78 is 0.922. The van der Waals surface area contributed by atoms with Gasteiger partial charge in [0.2, 0.25) is 5.91 Å². The van der Waals surface area contributed by atoms with E-state index in [1.54, 1.807) is 12.1 Å². The number of nitrogens with zero attached hydrogens (tertiary/aromatic N) is 1. The number of carbonyl (C=O) groups is 2. The Balaban J connectivity index is 1.48. The first kappa shape index (κ1) is 20.9. The summed E-state index contributed by atoms with van der Waals surface area (Å²) in [5, 5.41) is 5.78. The summed E-state index contributed by atoms with van der Waals surface area (Å²) in [6.45, 7) is 3.30. The number of halogens is 1. The van der Waals surface area contributed by atoms with Gasteiger partial charge in [-0.15, -0.1) is 0 Å². The molecular formula is C21H24BrN3O2S. The monoisotopic (exact) mass is 461 g/mol. The highest BCUT2D eigenvalue weighted by Crippen LogP contribution is 2.19. The lowest BCUT2D eigenvalue weighted by molar-refractivity contribution is -0.116. The van der Waals surface area contributed by atoms with Crippen molar-refractivity contribution < 1.29 is 9.59 Å². The Morgan fingerprint density at radius 2 is 1.75 bits per heavy atom. The molecule has 5 nitrogen and oxygen atoms in total. The first-order valence-electron chi connectivity index (χ1n) is 9.33. The molecule has 7 heteroatoms. The molecule has 1 heterocycles. The Morgan fingerprint density at radius 3 is 2.50 bits per heavy atom. The molecule has 2 aromatic carbocycles. The van der Waals surface area contributed by atoms with Gasteiger partial charge in [0.1, 0.15) is 0 Å². The zero-order valence-electron chi connectivity index (χ0n) is 15.6. The van der Waals surface area contributed by atoms with Crippen LogP contribution in [0, 0.1) is 0 Å². The van der Waals surface area contributed by atoms with E-state index in [1.165, 1.54) is 0 Å². The number of hydrogen-bond donors (Lipinski definition) is 2. The van der Waals surface area contributed by atoms with Gasteiger partial charge in [-0.1, -0.05) is 34.1 Å². The van der Waals surface area contributed by atoms with Crippen molar-refractivity contribution in [3.05, 3.63) is 64.1 Å². The number of anilines is 1. The lowest BCUT2D eigenvalue weighted by Gasteiger charge is -2.27. The topological polar surface area (TPSA) is 61.4 Å². The molecule has 0 radical (unpaired) electrons. The van der Waals surface area contributed by atoms with E-state index in [-0.39, 0.29) is 18.2 Å². The van der Waals surface area contributed by atoms with Crippen LogP contribution in [0.3, 0.4) is 0 Å². The quantitative estimate of drug-likeness (QED) is 0.658. The minimum Gasteiger partial charge on any atom is -0.352 e. The van der Waals surface area contributed by atoms with Crippen molar-refractivity contribution in [3.8, 4) is 0 Å². The van der Waals surface area contributed by atoms with E-state index in [4.69, 9.17) is 0 Å². The Labute approximate surface area is 178 Å².